The molecule has 0 bridgehead atoms. The van der Waals surface area contributed by atoms with Gasteiger partial charge in [0.15, 0.2) is 0 Å². The highest BCUT2D eigenvalue weighted by molar-refractivity contribution is 9.10. The number of rotatable bonds is 4. The first-order valence-corrected chi connectivity index (χ1v) is 6.12. The predicted octanol–water partition coefficient (Wildman–Crippen LogP) is 3.64. The lowest BCUT2D eigenvalue weighted by molar-refractivity contribution is -0.118. The van der Waals surface area contributed by atoms with E-state index in [4.69, 9.17) is 11.6 Å². The molecule has 0 fully saturated rings. The molecular formula is C12H13BrClNO. The normalized spacial score (nSPS) is 10.7. The van der Waals surface area contributed by atoms with Crippen LogP contribution in [-0.2, 0) is 4.79 Å². The van der Waals surface area contributed by atoms with Crippen LogP contribution in [0, 0.1) is 0 Å². The van der Waals surface area contributed by atoms with Crippen LogP contribution in [0.25, 0.3) is 6.08 Å². The molecule has 4 heteroatoms. The fourth-order valence-electron chi connectivity index (χ4n) is 1.18. The maximum Gasteiger partial charge on any atom is 0.216 e. The van der Waals surface area contributed by atoms with Crippen LogP contribution in [0.15, 0.2) is 28.7 Å². The summed E-state index contributed by atoms with van der Waals surface area (Å²) >= 11 is 9.39. The lowest BCUT2D eigenvalue weighted by Gasteiger charge is -1.99. The summed E-state index contributed by atoms with van der Waals surface area (Å²) in [6.07, 6.45) is 4.74. The summed E-state index contributed by atoms with van der Waals surface area (Å²) in [4.78, 5) is 10.6. The molecule has 0 aromatic heterocycles. The first-order valence-electron chi connectivity index (χ1n) is 4.95. The molecule has 1 N–H and O–H groups in total. The van der Waals surface area contributed by atoms with E-state index in [1.807, 2.05) is 30.4 Å². The van der Waals surface area contributed by atoms with E-state index in [1.165, 1.54) is 6.92 Å². The first kappa shape index (κ1) is 13.3. The average Bonchev–Trinajstić information content (AvgIpc) is 2.20. The molecule has 0 saturated heterocycles. The Hall–Kier alpha value is -0.800. The van der Waals surface area contributed by atoms with Gasteiger partial charge in [-0.1, -0.05) is 45.7 Å². The van der Waals surface area contributed by atoms with E-state index in [2.05, 4.69) is 21.2 Å². The van der Waals surface area contributed by atoms with E-state index in [1.54, 1.807) is 0 Å². The molecule has 0 unspecified atom stereocenters. The lowest BCUT2D eigenvalue weighted by atomic mass is 10.2. The molecule has 2 nitrogen and oxygen atoms in total. The SMILES string of the molecule is CC(=O)NCCC=Cc1ccc(Br)cc1Cl. The van der Waals surface area contributed by atoms with Crippen molar-refractivity contribution in [2.45, 2.75) is 13.3 Å². The van der Waals surface area contributed by atoms with Gasteiger partial charge in [-0.15, -0.1) is 0 Å². The summed E-state index contributed by atoms with van der Waals surface area (Å²) in [6.45, 7) is 2.16. The number of amides is 1. The number of nitrogens with one attached hydrogen (secondary N) is 1. The first-order chi connectivity index (χ1) is 7.59. The summed E-state index contributed by atoms with van der Waals surface area (Å²) in [5.74, 6) is -0.00456. The zero-order chi connectivity index (χ0) is 12.0. The van der Waals surface area contributed by atoms with Gasteiger partial charge >= 0.3 is 0 Å². The monoisotopic (exact) mass is 301 g/mol. The topological polar surface area (TPSA) is 29.1 Å². The van der Waals surface area contributed by atoms with Crippen molar-refractivity contribution in [2.75, 3.05) is 6.54 Å². The predicted molar refractivity (Wildman–Crippen MR) is 71.5 cm³/mol. The minimum atomic E-state index is -0.00456. The van der Waals surface area contributed by atoms with Crippen LogP contribution in [0.2, 0.25) is 5.02 Å². The van der Waals surface area contributed by atoms with Crippen molar-refractivity contribution in [3.63, 3.8) is 0 Å². The van der Waals surface area contributed by atoms with Gasteiger partial charge in [0.05, 0.1) is 0 Å². The largest absolute Gasteiger partial charge is 0.356 e. The van der Waals surface area contributed by atoms with Crippen LogP contribution in [0.4, 0.5) is 0 Å². The molecule has 1 rings (SSSR count). The van der Waals surface area contributed by atoms with Crippen LogP contribution in [-0.4, -0.2) is 12.5 Å². The fourth-order valence-corrected chi connectivity index (χ4v) is 1.91. The van der Waals surface area contributed by atoms with Crippen molar-refractivity contribution in [1.29, 1.82) is 0 Å². The zero-order valence-electron chi connectivity index (χ0n) is 8.97. The Bertz CT molecular complexity index is 404. The van der Waals surface area contributed by atoms with Crippen LogP contribution >= 0.6 is 27.5 Å². The van der Waals surface area contributed by atoms with Gasteiger partial charge in [-0.2, -0.15) is 0 Å². The van der Waals surface area contributed by atoms with Gasteiger partial charge in [-0.05, 0) is 24.1 Å². The Balaban J connectivity index is 2.47. The van der Waals surface area contributed by atoms with E-state index < -0.39 is 0 Å². The van der Waals surface area contributed by atoms with Crippen LogP contribution in [0.5, 0.6) is 0 Å². The third-order valence-electron chi connectivity index (χ3n) is 1.94. The van der Waals surface area contributed by atoms with Gasteiger partial charge in [0.25, 0.3) is 0 Å². The van der Waals surface area contributed by atoms with Crippen LogP contribution < -0.4 is 5.32 Å². The second-order valence-corrected chi connectivity index (χ2v) is 4.66. The Labute approximate surface area is 109 Å². The van der Waals surface area contributed by atoms with Gasteiger partial charge in [-0.25, -0.2) is 0 Å². The Morgan fingerprint density at radius 3 is 2.94 bits per heavy atom. The molecule has 86 valence electrons. The standard InChI is InChI=1S/C12H13BrClNO/c1-9(16)15-7-3-2-4-10-5-6-11(13)8-12(10)14/h2,4-6,8H,3,7H2,1H3,(H,15,16). The summed E-state index contributed by atoms with van der Waals surface area (Å²) in [5.41, 5.74) is 0.979. The molecule has 1 aromatic carbocycles. The second-order valence-electron chi connectivity index (χ2n) is 3.34. The maximum atomic E-state index is 10.6. The highest BCUT2D eigenvalue weighted by Gasteiger charge is 1.96. The maximum absolute atomic E-state index is 10.6. The summed E-state index contributed by atoms with van der Waals surface area (Å²) in [7, 11) is 0. The Morgan fingerprint density at radius 2 is 2.31 bits per heavy atom. The Morgan fingerprint density at radius 1 is 1.56 bits per heavy atom. The third kappa shape index (κ3) is 4.81. The van der Waals surface area contributed by atoms with E-state index in [0.29, 0.717) is 11.6 Å². The van der Waals surface area contributed by atoms with Crippen molar-refractivity contribution < 1.29 is 4.79 Å². The van der Waals surface area contributed by atoms with Gasteiger partial charge in [0.2, 0.25) is 5.91 Å². The Kier molecular flexibility index (Phi) is 5.56. The number of hydrogen-bond acceptors (Lipinski definition) is 1. The van der Waals surface area contributed by atoms with Crippen LogP contribution in [0.1, 0.15) is 18.9 Å². The van der Waals surface area contributed by atoms with Crippen molar-refractivity contribution in [1.82, 2.24) is 5.32 Å². The molecule has 1 aromatic rings. The second kappa shape index (κ2) is 6.71. The molecule has 0 heterocycles. The van der Waals surface area contributed by atoms with Gasteiger partial charge in [-0.3, -0.25) is 4.79 Å². The number of benzene rings is 1. The van der Waals surface area contributed by atoms with Gasteiger partial charge in [0, 0.05) is 23.0 Å². The molecule has 0 aliphatic carbocycles. The van der Waals surface area contributed by atoms with E-state index in [9.17, 15) is 4.79 Å². The van der Waals surface area contributed by atoms with Gasteiger partial charge < -0.3 is 5.32 Å². The van der Waals surface area contributed by atoms with Crippen LogP contribution in [0.3, 0.4) is 0 Å². The lowest BCUT2D eigenvalue weighted by Crippen LogP contribution is -2.20. The minimum absolute atomic E-state index is 0.00456. The number of carbonyl (C=O) groups is 1. The molecule has 0 saturated carbocycles. The third-order valence-corrected chi connectivity index (χ3v) is 2.77. The van der Waals surface area contributed by atoms with Crippen molar-refractivity contribution >= 4 is 39.5 Å². The molecule has 0 spiro atoms. The van der Waals surface area contributed by atoms with Crippen molar-refractivity contribution in [3.05, 3.63) is 39.3 Å². The van der Waals surface area contributed by atoms with E-state index >= 15 is 0 Å². The molecule has 0 atom stereocenters. The quantitative estimate of drug-likeness (QED) is 0.845. The number of halogens is 2. The molecule has 0 radical (unpaired) electrons. The summed E-state index contributed by atoms with van der Waals surface area (Å²) in [6, 6.07) is 5.75. The summed E-state index contributed by atoms with van der Waals surface area (Å²) < 4.78 is 0.966. The smallest absolute Gasteiger partial charge is 0.216 e. The fraction of sp³-hybridized carbons (Fsp3) is 0.250. The highest BCUT2D eigenvalue weighted by atomic mass is 79.9. The zero-order valence-corrected chi connectivity index (χ0v) is 11.3. The van der Waals surface area contributed by atoms with E-state index in [0.717, 1.165) is 16.5 Å². The van der Waals surface area contributed by atoms with E-state index in [-0.39, 0.29) is 5.91 Å². The van der Waals surface area contributed by atoms with Gasteiger partial charge in [0.1, 0.15) is 0 Å². The minimum Gasteiger partial charge on any atom is -0.356 e. The average molecular weight is 303 g/mol. The number of carbonyl (C=O) groups excluding carboxylic acids is 1. The van der Waals surface area contributed by atoms with Crippen molar-refractivity contribution in [3.8, 4) is 0 Å². The molecular weight excluding hydrogens is 289 g/mol. The number of hydrogen-bond donors (Lipinski definition) is 1. The highest BCUT2D eigenvalue weighted by Crippen LogP contribution is 2.22. The molecule has 0 aliphatic heterocycles. The molecule has 16 heavy (non-hydrogen) atoms. The molecule has 0 aliphatic rings. The van der Waals surface area contributed by atoms with Crippen molar-refractivity contribution in [2.24, 2.45) is 0 Å². The molecule has 1 amide bonds. The summed E-state index contributed by atoms with van der Waals surface area (Å²) in [5, 5.41) is 3.44.